The van der Waals surface area contributed by atoms with Gasteiger partial charge in [-0.05, 0) is 36.5 Å². The van der Waals surface area contributed by atoms with Gasteiger partial charge in [0, 0.05) is 23.2 Å². The van der Waals surface area contributed by atoms with Crippen LogP contribution in [0.15, 0.2) is 28.7 Å². The molecule has 1 aliphatic heterocycles. The Morgan fingerprint density at radius 3 is 2.72 bits per heavy atom. The number of halogens is 1. The molecule has 3 heteroatoms. The van der Waals surface area contributed by atoms with E-state index >= 15 is 0 Å². The molecule has 1 N–H and O–H groups in total. The lowest BCUT2D eigenvalue weighted by molar-refractivity contribution is 0.0355. The topological polar surface area (TPSA) is 21.3 Å². The molecule has 1 aromatic rings. The van der Waals surface area contributed by atoms with Gasteiger partial charge in [-0.1, -0.05) is 41.9 Å². The number of rotatable bonds is 4. The number of ether oxygens (including phenoxy) is 1. The molecule has 0 radical (unpaired) electrons. The fourth-order valence-corrected chi connectivity index (χ4v) is 2.80. The van der Waals surface area contributed by atoms with Gasteiger partial charge in [0.25, 0.3) is 0 Å². The molecule has 18 heavy (non-hydrogen) atoms. The summed E-state index contributed by atoms with van der Waals surface area (Å²) in [6.45, 7) is 6.28. The predicted molar refractivity (Wildman–Crippen MR) is 78.7 cm³/mol. The molecule has 0 saturated carbocycles. The minimum Gasteiger partial charge on any atom is -0.381 e. The van der Waals surface area contributed by atoms with Gasteiger partial charge in [0.2, 0.25) is 0 Å². The molecule has 2 nitrogen and oxygen atoms in total. The highest BCUT2D eigenvalue weighted by Crippen LogP contribution is 2.23. The van der Waals surface area contributed by atoms with Gasteiger partial charge >= 0.3 is 0 Å². The Morgan fingerprint density at radius 1 is 1.39 bits per heavy atom. The van der Waals surface area contributed by atoms with Crippen molar-refractivity contribution in [3.8, 4) is 0 Å². The van der Waals surface area contributed by atoms with E-state index in [2.05, 4.69) is 59.4 Å². The molecular weight excluding hydrogens is 290 g/mol. The minimum absolute atomic E-state index is 0.448. The van der Waals surface area contributed by atoms with Crippen LogP contribution in [0, 0.1) is 5.92 Å². The second-order valence-corrected chi connectivity index (χ2v) is 6.04. The second-order valence-electron chi connectivity index (χ2n) is 5.13. The molecule has 1 heterocycles. The van der Waals surface area contributed by atoms with Crippen LogP contribution in [0.4, 0.5) is 0 Å². The highest BCUT2D eigenvalue weighted by Gasteiger charge is 2.24. The van der Waals surface area contributed by atoms with Gasteiger partial charge in [0.05, 0.1) is 6.61 Å². The summed E-state index contributed by atoms with van der Waals surface area (Å²) in [7, 11) is 0. The van der Waals surface area contributed by atoms with Gasteiger partial charge in [-0.15, -0.1) is 0 Å². The van der Waals surface area contributed by atoms with Gasteiger partial charge in [0.15, 0.2) is 0 Å². The van der Waals surface area contributed by atoms with E-state index in [4.69, 9.17) is 4.74 Å². The minimum atomic E-state index is 0.448. The van der Waals surface area contributed by atoms with Crippen molar-refractivity contribution in [2.45, 2.75) is 38.8 Å². The Bertz CT molecular complexity index is 365. The van der Waals surface area contributed by atoms with Crippen LogP contribution in [0.1, 0.15) is 38.3 Å². The average Bonchev–Trinajstić information content (AvgIpc) is 2.39. The lowest BCUT2D eigenvalue weighted by atomic mass is 9.95. The Kier molecular flexibility index (Phi) is 5.22. The zero-order valence-electron chi connectivity index (χ0n) is 11.2. The normalized spacial score (nSPS) is 25.9. The number of hydrogen-bond donors (Lipinski definition) is 1. The van der Waals surface area contributed by atoms with E-state index in [1.54, 1.807) is 0 Å². The summed E-state index contributed by atoms with van der Waals surface area (Å²) < 4.78 is 6.64. The standard InChI is InChI=1S/C15H22BrNO/c1-3-14(12-4-6-13(16)7-5-12)17-15-8-9-18-10-11(15)2/h4-7,11,14-15,17H,3,8-10H2,1-2H3. The van der Waals surface area contributed by atoms with Crippen molar-refractivity contribution in [1.82, 2.24) is 5.32 Å². The largest absolute Gasteiger partial charge is 0.381 e. The zero-order chi connectivity index (χ0) is 13.0. The molecule has 0 aliphatic carbocycles. The third-order valence-corrected chi connectivity index (χ3v) is 4.27. The SMILES string of the molecule is CCC(NC1CCOCC1C)c1ccc(Br)cc1. The van der Waals surface area contributed by atoms with E-state index in [-0.39, 0.29) is 0 Å². The summed E-state index contributed by atoms with van der Waals surface area (Å²) in [4.78, 5) is 0. The number of nitrogens with one attached hydrogen (secondary N) is 1. The smallest absolute Gasteiger partial charge is 0.0506 e. The lowest BCUT2D eigenvalue weighted by Gasteiger charge is -2.33. The van der Waals surface area contributed by atoms with Crippen LogP contribution < -0.4 is 5.32 Å². The summed E-state index contributed by atoms with van der Waals surface area (Å²) in [5, 5.41) is 3.80. The van der Waals surface area contributed by atoms with Crippen molar-refractivity contribution in [3.63, 3.8) is 0 Å². The summed E-state index contributed by atoms with van der Waals surface area (Å²) in [5.74, 6) is 0.600. The van der Waals surface area contributed by atoms with Crippen LogP contribution in [-0.2, 0) is 4.74 Å². The van der Waals surface area contributed by atoms with Crippen LogP contribution in [-0.4, -0.2) is 19.3 Å². The molecule has 0 aromatic heterocycles. The van der Waals surface area contributed by atoms with Crippen LogP contribution in [0.5, 0.6) is 0 Å². The van der Waals surface area contributed by atoms with Crippen LogP contribution in [0.3, 0.4) is 0 Å². The molecule has 0 bridgehead atoms. The molecule has 0 amide bonds. The molecule has 0 spiro atoms. The van der Waals surface area contributed by atoms with Crippen molar-refractivity contribution in [2.24, 2.45) is 5.92 Å². The number of benzene rings is 1. The summed E-state index contributed by atoms with van der Waals surface area (Å²) in [5.41, 5.74) is 1.37. The Morgan fingerprint density at radius 2 is 2.11 bits per heavy atom. The summed E-state index contributed by atoms with van der Waals surface area (Å²) in [6.07, 6.45) is 2.24. The first kappa shape index (κ1) is 14.0. The van der Waals surface area contributed by atoms with Crippen LogP contribution >= 0.6 is 15.9 Å². The summed E-state index contributed by atoms with van der Waals surface area (Å²) >= 11 is 3.49. The van der Waals surface area contributed by atoms with Crippen molar-refractivity contribution in [2.75, 3.05) is 13.2 Å². The first-order chi connectivity index (χ1) is 8.70. The van der Waals surface area contributed by atoms with Crippen LogP contribution in [0.25, 0.3) is 0 Å². The maximum Gasteiger partial charge on any atom is 0.0506 e. The van der Waals surface area contributed by atoms with Crippen LogP contribution in [0.2, 0.25) is 0 Å². The van der Waals surface area contributed by atoms with Gasteiger partial charge < -0.3 is 10.1 Å². The van der Waals surface area contributed by atoms with Gasteiger partial charge in [-0.25, -0.2) is 0 Å². The quantitative estimate of drug-likeness (QED) is 0.910. The van der Waals surface area contributed by atoms with Gasteiger partial charge in [0.1, 0.15) is 0 Å². The fraction of sp³-hybridized carbons (Fsp3) is 0.600. The predicted octanol–water partition coefficient (Wildman–Crippen LogP) is 3.91. The molecule has 1 saturated heterocycles. The van der Waals surface area contributed by atoms with E-state index in [0.29, 0.717) is 18.0 Å². The zero-order valence-corrected chi connectivity index (χ0v) is 12.7. The lowest BCUT2D eigenvalue weighted by Crippen LogP contribution is -2.43. The third-order valence-electron chi connectivity index (χ3n) is 3.74. The Balaban J connectivity index is 2.02. The number of hydrogen-bond acceptors (Lipinski definition) is 2. The Labute approximate surface area is 118 Å². The first-order valence-electron chi connectivity index (χ1n) is 6.80. The van der Waals surface area contributed by atoms with E-state index in [1.807, 2.05) is 0 Å². The molecule has 1 fully saturated rings. The average molecular weight is 312 g/mol. The van der Waals surface area contributed by atoms with E-state index in [0.717, 1.165) is 30.5 Å². The third kappa shape index (κ3) is 3.56. The maximum absolute atomic E-state index is 5.50. The van der Waals surface area contributed by atoms with E-state index in [9.17, 15) is 0 Å². The molecule has 2 rings (SSSR count). The molecule has 1 aliphatic rings. The van der Waals surface area contributed by atoms with E-state index < -0.39 is 0 Å². The monoisotopic (exact) mass is 311 g/mol. The van der Waals surface area contributed by atoms with Gasteiger partial charge in [-0.2, -0.15) is 0 Å². The summed E-state index contributed by atoms with van der Waals surface area (Å²) in [6, 6.07) is 9.67. The molecule has 3 unspecified atom stereocenters. The maximum atomic E-state index is 5.50. The highest BCUT2D eigenvalue weighted by atomic mass is 79.9. The van der Waals surface area contributed by atoms with Crippen molar-refractivity contribution >= 4 is 15.9 Å². The second kappa shape index (κ2) is 6.69. The molecule has 3 atom stereocenters. The molecular formula is C15H22BrNO. The van der Waals surface area contributed by atoms with E-state index in [1.165, 1.54) is 5.56 Å². The van der Waals surface area contributed by atoms with Gasteiger partial charge in [-0.3, -0.25) is 0 Å². The van der Waals surface area contributed by atoms with Crippen molar-refractivity contribution in [3.05, 3.63) is 34.3 Å². The van der Waals surface area contributed by atoms with Crippen molar-refractivity contribution < 1.29 is 4.74 Å². The molecule has 1 aromatic carbocycles. The van der Waals surface area contributed by atoms with Crippen molar-refractivity contribution in [1.29, 1.82) is 0 Å². The first-order valence-corrected chi connectivity index (χ1v) is 7.59. The highest BCUT2D eigenvalue weighted by molar-refractivity contribution is 9.10. The molecule has 100 valence electrons. The Hall–Kier alpha value is -0.380. The fourth-order valence-electron chi connectivity index (χ4n) is 2.53.